The molecule has 0 fully saturated rings. The summed E-state index contributed by atoms with van der Waals surface area (Å²) in [4.78, 5) is 8.36. The number of aryl methyl sites for hydroxylation is 2. The number of aromatic nitrogens is 2. The van der Waals surface area contributed by atoms with Crippen LogP contribution in [0.4, 0.5) is 5.82 Å². The summed E-state index contributed by atoms with van der Waals surface area (Å²) in [7, 11) is 0. The summed E-state index contributed by atoms with van der Waals surface area (Å²) in [6.07, 6.45) is 3.24. The molecule has 0 aliphatic rings. The van der Waals surface area contributed by atoms with Crippen molar-refractivity contribution in [2.24, 2.45) is 0 Å². The minimum absolute atomic E-state index is 0.528. The molecule has 0 atom stereocenters. The highest BCUT2D eigenvalue weighted by Crippen LogP contribution is 2.23. The topological polar surface area (TPSA) is 47.0 Å². The second-order valence-electron chi connectivity index (χ2n) is 6.37. The molecule has 1 aromatic heterocycles. The van der Waals surface area contributed by atoms with Crippen molar-refractivity contribution in [1.29, 1.82) is 0 Å². The molecule has 0 saturated heterocycles. The van der Waals surface area contributed by atoms with E-state index in [1.807, 2.05) is 19.1 Å². The van der Waals surface area contributed by atoms with Gasteiger partial charge in [-0.15, -0.1) is 0 Å². The fourth-order valence-corrected chi connectivity index (χ4v) is 3.22. The molecular formula is C22H24ClN3O. The maximum atomic E-state index is 6.29. The second kappa shape index (κ2) is 9.38. The summed E-state index contributed by atoms with van der Waals surface area (Å²) in [5, 5.41) is 3.80. The van der Waals surface area contributed by atoms with Crippen LogP contribution in [0.2, 0.25) is 5.02 Å². The molecule has 27 heavy (non-hydrogen) atoms. The van der Waals surface area contributed by atoms with Crippen molar-refractivity contribution >= 4 is 17.4 Å². The molecule has 0 radical (unpaired) electrons. The van der Waals surface area contributed by atoms with Crippen LogP contribution in [0.5, 0.6) is 5.75 Å². The van der Waals surface area contributed by atoms with Crippen LogP contribution in [-0.4, -0.2) is 23.1 Å². The van der Waals surface area contributed by atoms with E-state index in [0.717, 1.165) is 29.8 Å². The lowest BCUT2D eigenvalue weighted by Gasteiger charge is -2.12. The smallest absolute Gasteiger partial charge is 0.148 e. The number of nitrogens with zero attached hydrogens (tertiary/aromatic N) is 2. The van der Waals surface area contributed by atoms with E-state index < -0.39 is 0 Å². The summed E-state index contributed by atoms with van der Waals surface area (Å²) in [6, 6.07) is 16.8. The zero-order chi connectivity index (χ0) is 19.1. The maximum absolute atomic E-state index is 6.29. The Balaban J connectivity index is 1.53. The van der Waals surface area contributed by atoms with Gasteiger partial charge < -0.3 is 10.1 Å². The lowest BCUT2D eigenvalue weighted by Crippen LogP contribution is -2.13. The van der Waals surface area contributed by atoms with Crippen LogP contribution in [0, 0.1) is 6.92 Å². The molecule has 0 bridgehead atoms. The third-order valence-corrected chi connectivity index (χ3v) is 4.74. The number of anilines is 1. The van der Waals surface area contributed by atoms with Crippen molar-refractivity contribution in [3.63, 3.8) is 0 Å². The third-order valence-electron chi connectivity index (χ3n) is 4.34. The monoisotopic (exact) mass is 381 g/mol. The lowest BCUT2D eigenvalue weighted by atomic mass is 10.0. The molecule has 0 spiro atoms. The predicted octanol–water partition coefficient (Wildman–Crippen LogP) is 5.08. The number of benzene rings is 2. The number of hydrogen-bond acceptors (Lipinski definition) is 4. The van der Waals surface area contributed by atoms with Crippen LogP contribution in [0.15, 0.2) is 54.9 Å². The molecule has 3 rings (SSSR count). The summed E-state index contributed by atoms with van der Waals surface area (Å²) < 4.78 is 5.91. The molecule has 0 unspecified atom stereocenters. The lowest BCUT2D eigenvalue weighted by molar-refractivity contribution is 0.330. The van der Waals surface area contributed by atoms with E-state index in [1.165, 1.54) is 17.5 Å². The average Bonchev–Trinajstić information content (AvgIpc) is 2.68. The van der Waals surface area contributed by atoms with E-state index in [2.05, 4.69) is 58.6 Å². The van der Waals surface area contributed by atoms with Crippen LogP contribution in [0.1, 0.15) is 29.3 Å². The molecule has 2 aromatic carbocycles. The van der Waals surface area contributed by atoms with Crippen LogP contribution in [-0.2, 0) is 12.8 Å². The van der Waals surface area contributed by atoms with Crippen molar-refractivity contribution < 1.29 is 4.74 Å². The second-order valence-corrected chi connectivity index (χ2v) is 6.75. The van der Waals surface area contributed by atoms with Gasteiger partial charge in [-0.3, -0.25) is 0 Å². The van der Waals surface area contributed by atoms with Crippen LogP contribution < -0.4 is 10.1 Å². The van der Waals surface area contributed by atoms with Crippen LogP contribution >= 0.6 is 11.6 Å². The van der Waals surface area contributed by atoms with E-state index >= 15 is 0 Å². The molecule has 0 amide bonds. The quantitative estimate of drug-likeness (QED) is 0.552. The molecule has 0 aliphatic carbocycles. The Labute approximate surface area is 165 Å². The summed E-state index contributed by atoms with van der Waals surface area (Å²) in [5.41, 5.74) is 4.57. The van der Waals surface area contributed by atoms with Gasteiger partial charge in [-0.2, -0.15) is 0 Å². The fraction of sp³-hybridized carbons (Fsp3) is 0.273. The summed E-state index contributed by atoms with van der Waals surface area (Å²) in [6.45, 7) is 5.24. The van der Waals surface area contributed by atoms with Crippen molar-refractivity contribution in [2.75, 3.05) is 18.5 Å². The predicted molar refractivity (Wildman–Crippen MR) is 111 cm³/mol. The average molecular weight is 382 g/mol. The molecule has 5 heteroatoms. The zero-order valence-corrected chi connectivity index (χ0v) is 16.5. The molecule has 4 nitrogen and oxygen atoms in total. The van der Waals surface area contributed by atoms with Crippen molar-refractivity contribution in [2.45, 2.75) is 26.7 Å². The van der Waals surface area contributed by atoms with Gasteiger partial charge in [-0.25, -0.2) is 9.97 Å². The zero-order valence-electron chi connectivity index (χ0n) is 15.7. The number of nitrogens with one attached hydrogen (secondary N) is 1. The maximum Gasteiger partial charge on any atom is 0.148 e. The first-order valence-electron chi connectivity index (χ1n) is 9.17. The van der Waals surface area contributed by atoms with Gasteiger partial charge in [0.15, 0.2) is 0 Å². The van der Waals surface area contributed by atoms with Gasteiger partial charge in [0.2, 0.25) is 0 Å². The molecule has 3 aromatic rings. The molecule has 0 aliphatic heterocycles. The Bertz CT molecular complexity index is 884. The van der Waals surface area contributed by atoms with Gasteiger partial charge in [0.25, 0.3) is 0 Å². The van der Waals surface area contributed by atoms with Crippen LogP contribution in [0.3, 0.4) is 0 Å². The third kappa shape index (κ3) is 5.20. The van der Waals surface area contributed by atoms with Gasteiger partial charge in [0.05, 0.1) is 12.2 Å². The van der Waals surface area contributed by atoms with Gasteiger partial charge in [0.1, 0.15) is 29.5 Å². The largest absolute Gasteiger partial charge is 0.491 e. The molecule has 1 N–H and O–H groups in total. The Morgan fingerprint density at radius 1 is 1.04 bits per heavy atom. The van der Waals surface area contributed by atoms with E-state index in [9.17, 15) is 0 Å². The SMILES string of the molecule is CCc1ncnc(NCCOc2ccc(Cc3ccccc3)cc2C)c1Cl. The fourth-order valence-electron chi connectivity index (χ4n) is 2.92. The highest BCUT2D eigenvalue weighted by molar-refractivity contribution is 6.33. The number of halogens is 1. The summed E-state index contributed by atoms with van der Waals surface area (Å²) in [5.74, 6) is 1.55. The standard InChI is InChI=1S/C22H24ClN3O/c1-3-19-21(23)22(26-15-25-19)24-11-12-27-20-10-9-18(13-16(20)2)14-17-7-5-4-6-8-17/h4-10,13,15H,3,11-12,14H2,1-2H3,(H,24,25,26). The van der Waals surface area contributed by atoms with E-state index in [-0.39, 0.29) is 0 Å². The number of ether oxygens (including phenoxy) is 1. The highest BCUT2D eigenvalue weighted by Gasteiger charge is 2.07. The van der Waals surface area contributed by atoms with Crippen LogP contribution in [0.25, 0.3) is 0 Å². The van der Waals surface area contributed by atoms with Gasteiger partial charge in [-0.1, -0.05) is 61.0 Å². The number of hydrogen-bond donors (Lipinski definition) is 1. The first-order valence-corrected chi connectivity index (χ1v) is 9.54. The highest BCUT2D eigenvalue weighted by atomic mass is 35.5. The minimum atomic E-state index is 0.528. The van der Waals surface area contributed by atoms with E-state index in [4.69, 9.17) is 16.3 Å². The minimum Gasteiger partial charge on any atom is -0.491 e. The van der Waals surface area contributed by atoms with Crippen molar-refractivity contribution in [1.82, 2.24) is 9.97 Å². The van der Waals surface area contributed by atoms with Crippen molar-refractivity contribution in [3.05, 3.63) is 82.3 Å². The van der Waals surface area contributed by atoms with Gasteiger partial charge >= 0.3 is 0 Å². The molecule has 140 valence electrons. The number of rotatable bonds is 8. The van der Waals surface area contributed by atoms with E-state index in [0.29, 0.717) is 24.0 Å². The van der Waals surface area contributed by atoms with E-state index in [1.54, 1.807) is 0 Å². The first kappa shape index (κ1) is 19.2. The molecule has 1 heterocycles. The Morgan fingerprint density at radius 3 is 2.59 bits per heavy atom. The molecule has 0 saturated carbocycles. The molecular weight excluding hydrogens is 358 g/mol. The van der Waals surface area contributed by atoms with Gasteiger partial charge in [0, 0.05) is 0 Å². The van der Waals surface area contributed by atoms with Gasteiger partial charge in [-0.05, 0) is 42.5 Å². The Hall–Kier alpha value is -2.59. The first-order chi connectivity index (χ1) is 13.2. The Morgan fingerprint density at radius 2 is 1.85 bits per heavy atom. The Kier molecular flexibility index (Phi) is 6.66. The van der Waals surface area contributed by atoms with Crippen molar-refractivity contribution in [3.8, 4) is 5.75 Å². The summed E-state index contributed by atoms with van der Waals surface area (Å²) >= 11 is 6.29. The normalized spacial score (nSPS) is 10.6.